The lowest BCUT2D eigenvalue weighted by Crippen LogP contribution is -2.34. The van der Waals surface area contributed by atoms with Crippen LogP contribution in [0, 0.1) is 24.7 Å². The van der Waals surface area contributed by atoms with Gasteiger partial charge in [-0.1, -0.05) is 6.42 Å². The lowest BCUT2D eigenvalue weighted by Gasteiger charge is -2.27. The van der Waals surface area contributed by atoms with Gasteiger partial charge < -0.3 is 0 Å². The first kappa shape index (κ1) is 15.8. The molecule has 6 heteroatoms. The highest BCUT2D eigenvalue weighted by Gasteiger charge is 2.41. The molecule has 0 amide bonds. The molecule has 3 nitrogen and oxygen atoms in total. The molecular weight excluding hydrogens is 326 g/mol. The van der Waals surface area contributed by atoms with E-state index in [4.69, 9.17) is 11.6 Å². The van der Waals surface area contributed by atoms with Crippen molar-refractivity contribution in [3.8, 4) is 0 Å². The molecule has 0 saturated heterocycles. The van der Waals surface area contributed by atoms with E-state index in [2.05, 4.69) is 0 Å². The number of fused-ring (bicyclic) bond motifs is 2. The third-order valence-electron chi connectivity index (χ3n) is 5.16. The first-order chi connectivity index (χ1) is 9.93. The lowest BCUT2D eigenvalue weighted by molar-refractivity contribution is 0.280. The van der Waals surface area contributed by atoms with Crippen molar-refractivity contribution >= 4 is 33.0 Å². The van der Waals surface area contributed by atoms with Crippen LogP contribution >= 0.6 is 22.9 Å². The van der Waals surface area contributed by atoms with Crippen molar-refractivity contribution < 1.29 is 8.42 Å². The summed E-state index contributed by atoms with van der Waals surface area (Å²) in [5.41, 5.74) is 0.815. The van der Waals surface area contributed by atoms with Crippen molar-refractivity contribution in [2.45, 2.75) is 43.4 Å². The van der Waals surface area contributed by atoms with Gasteiger partial charge in [-0.2, -0.15) is 0 Å². The van der Waals surface area contributed by atoms with Crippen LogP contribution in [0.25, 0.3) is 0 Å². The van der Waals surface area contributed by atoms with Gasteiger partial charge in [-0.05, 0) is 54.9 Å². The molecule has 2 fully saturated rings. The molecule has 2 saturated carbocycles. The minimum absolute atomic E-state index is 0.259. The van der Waals surface area contributed by atoms with Crippen molar-refractivity contribution in [2.75, 3.05) is 13.6 Å². The second-order valence-corrected chi connectivity index (χ2v) is 9.74. The molecule has 3 atom stereocenters. The molecule has 2 aliphatic carbocycles. The average Bonchev–Trinajstić information content (AvgIpc) is 3.13. The summed E-state index contributed by atoms with van der Waals surface area (Å²) in [6.45, 7) is 2.51. The van der Waals surface area contributed by atoms with Gasteiger partial charge in [0.1, 0.15) is 4.90 Å². The Kier molecular flexibility index (Phi) is 4.39. The number of nitrogens with zero attached hydrogens (tertiary/aromatic N) is 1. The van der Waals surface area contributed by atoms with E-state index in [9.17, 15) is 8.42 Å². The summed E-state index contributed by atoms with van der Waals surface area (Å²) in [7, 11) is -1.70. The van der Waals surface area contributed by atoms with Gasteiger partial charge in [0.15, 0.2) is 0 Å². The Balaban J connectivity index is 1.79. The fourth-order valence-electron chi connectivity index (χ4n) is 4.11. The van der Waals surface area contributed by atoms with Gasteiger partial charge >= 0.3 is 0 Å². The van der Waals surface area contributed by atoms with Crippen molar-refractivity contribution in [3.63, 3.8) is 0 Å². The summed E-state index contributed by atoms with van der Waals surface area (Å²) in [6, 6.07) is 0. The zero-order valence-electron chi connectivity index (χ0n) is 12.5. The first-order valence-electron chi connectivity index (χ1n) is 7.52. The van der Waals surface area contributed by atoms with E-state index in [1.165, 1.54) is 37.0 Å². The molecule has 21 heavy (non-hydrogen) atoms. The highest BCUT2D eigenvalue weighted by Crippen LogP contribution is 2.48. The predicted octanol–water partition coefficient (Wildman–Crippen LogP) is 3.85. The van der Waals surface area contributed by atoms with Gasteiger partial charge in [-0.25, -0.2) is 12.7 Å². The second kappa shape index (κ2) is 5.84. The first-order valence-corrected chi connectivity index (χ1v) is 10.4. The minimum Gasteiger partial charge on any atom is -0.207 e. The number of alkyl halides is 1. The Hall–Kier alpha value is -0.100. The Morgan fingerprint density at radius 3 is 2.71 bits per heavy atom. The average molecular weight is 348 g/mol. The van der Waals surface area contributed by atoms with E-state index in [1.54, 1.807) is 11.4 Å². The third-order valence-corrected chi connectivity index (χ3v) is 8.87. The molecule has 2 aliphatic rings. The van der Waals surface area contributed by atoms with Gasteiger partial charge in [0.25, 0.3) is 0 Å². The Morgan fingerprint density at radius 2 is 2.14 bits per heavy atom. The molecule has 2 bridgehead atoms. The smallest absolute Gasteiger partial charge is 0.207 e. The van der Waals surface area contributed by atoms with Crippen LogP contribution in [0.15, 0.2) is 10.3 Å². The van der Waals surface area contributed by atoms with Crippen molar-refractivity contribution in [1.29, 1.82) is 0 Å². The molecular formula is C15H22ClNO2S2. The molecule has 0 N–H and O–H groups in total. The zero-order chi connectivity index (χ0) is 15.2. The number of aryl methyl sites for hydroxylation is 1. The van der Waals surface area contributed by atoms with E-state index in [1.807, 2.05) is 12.3 Å². The quantitative estimate of drug-likeness (QED) is 0.758. The highest BCUT2D eigenvalue weighted by molar-refractivity contribution is 7.89. The lowest BCUT2D eigenvalue weighted by atomic mass is 9.89. The van der Waals surface area contributed by atoms with Crippen LogP contribution in [0.2, 0.25) is 0 Å². The van der Waals surface area contributed by atoms with Crippen LogP contribution in [0.4, 0.5) is 0 Å². The molecule has 3 unspecified atom stereocenters. The van der Waals surface area contributed by atoms with Gasteiger partial charge in [0.2, 0.25) is 10.0 Å². The molecule has 0 aliphatic heterocycles. The fraction of sp³-hybridized carbons (Fsp3) is 0.733. The van der Waals surface area contributed by atoms with Crippen LogP contribution in [-0.2, 0) is 15.9 Å². The third kappa shape index (κ3) is 2.78. The number of halogens is 1. The molecule has 0 spiro atoms. The van der Waals surface area contributed by atoms with E-state index in [-0.39, 0.29) is 5.88 Å². The van der Waals surface area contributed by atoms with Crippen molar-refractivity contribution in [2.24, 2.45) is 17.8 Å². The maximum Gasteiger partial charge on any atom is 0.244 e. The predicted molar refractivity (Wildman–Crippen MR) is 87.4 cm³/mol. The Labute approximate surface area is 136 Å². The Bertz CT molecular complexity index is 626. The summed E-state index contributed by atoms with van der Waals surface area (Å²) < 4.78 is 27.3. The zero-order valence-corrected chi connectivity index (χ0v) is 14.9. The van der Waals surface area contributed by atoms with Crippen molar-refractivity contribution in [1.82, 2.24) is 4.31 Å². The normalized spacial score (nSPS) is 28.7. The van der Waals surface area contributed by atoms with Crippen molar-refractivity contribution in [3.05, 3.63) is 15.8 Å². The number of rotatable bonds is 5. The number of hydrogen-bond acceptors (Lipinski definition) is 3. The molecule has 0 radical (unpaired) electrons. The topological polar surface area (TPSA) is 37.4 Å². The maximum absolute atomic E-state index is 12.9. The number of sulfonamides is 1. The minimum atomic E-state index is -3.41. The largest absolute Gasteiger partial charge is 0.244 e. The van der Waals surface area contributed by atoms with E-state index in [0.717, 1.165) is 22.3 Å². The summed E-state index contributed by atoms with van der Waals surface area (Å²) in [5.74, 6) is 2.39. The molecule has 1 heterocycles. The van der Waals surface area contributed by atoms with E-state index >= 15 is 0 Å². The molecule has 118 valence electrons. The van der Waals surface area contributed by atoms with Gasteiger partial charge in [-0.3, -0.25) is 0 Å². The second-order valence-electron chi connectivity index (χ2n) is 6.53. The molecule has 1 aromatic heterocycles. The fourth-order valence-corrected chi connectivity index (χ4v) is 7.34. The van der Waals surface area contributed by atoms with E-state index in [0.29, 0.717) is 17.4 Å². The maximum atomic E-state index is 12.9. The number of hydrogen-bond donors (Lipinski definition) is 0. The summed E-state index contributed by atoms with van der Waals surface area (Å²) in [6.07, 6.45) is 5.14. The van der Waals surface area contributed by atoms with E-state index < -0.39 is 10.0 Å². The van der Waals surface area contributed by atoms with Crippen LogP contribution in [-0.4, -0.2) is 26.3 Å². The standard InChI is InChI=1S/C15H22ClNO2S2/c1-10-9-20-14(7-16)15(10)21(18,19)17(2)8-13-6-11-3-4-12(13)5-11/h9,11-13H,3-8H2,1-2H3. The molecule has 3 rings (SSSR count). The van der Waals surface area contributed by atoms with Gasteiger partial charge in [0, 0.05) is 18.5 Å². The van der Waals surface area contributed by atoms with Crippen LogP contribution in [0.3, 0.4) is 0 Å². The van der Waals surface area contributed by atoms with Crippen LogP contribution in [0.5, 0.6) is 0 Å². The summed E-state index contributed by atoms with van der Waals surface area (Å²) in [5, 5.41) is 1.88. The summed E-state index contributed by atoms with van der Waals surface area (Å²) in [4.78, 5) is 1.20. The monoisotopic (exact) mass is 347 g/mol. The Morgan fingerprint density at radius 1 is 1.38 bits per heavy atom. The van der Waals surface area contributed by atoms with Gasteiger partial charge in [-0.15, -0.1) is 22.9 Å². The number of thiophene rings is 1. The van der Waals surface area contributed by atoms with Crippen LogP contribution in [0.1, 0.15) is 36.1 Å². The SMILES string of the molecule is Cc1csc(CCl)c1S(=O)(=O)N(C)CC1CC2CCC1C2. The summed E-state index contributed by atoms with van der Waals surface area (Å²) >= 11 is 7.34. The van der Waals surface area contributed by atoms with Crippen LogP contribution < -0.4 is 0 Å². The molecule has 0 aromatic carbocycles. The highest BCUT2D eigenvalue weighted by atomic mass is 35.5. The van der Waals surface area contributed by atoms with Gasteiger partial charge in [0.05, 0.1) is 5.88 Å². The molecule has 1 aromatic rings.